The Kier molecular flexibility index (Phi) is 4.67. The molecule has 0 radical (unpaired) electrons. The van der Waals surface area contributed by atoms with Crippen molar-refractivity contribution < 1.29 is 9.53 Å². The number of ketones is 1. The second-order valence-corrected chi connectivity index (χ2v) is 6.62. The van der Waals surface area contributed by atoms with Crippen LogP contribution in [0.25, 0.3) is 0 Å². The molecule has 1 fully saturated rings. The standard InChI is InChI=1S/C16H21BrO2/c1-10-4-6-14(8-11(10)2)19-16-7-5-13(17)9-15(16)12(3)18/h5,7,9-11,14H,4,6,8H2,1-3H3. The summed E-state index contributed by atoms with van der Waals surface area (Å²) in [6, 6.07) is 5.66. The fraction of sp³-hybridized carbons (Fsp3) is 0.562. The summed E-state index contributed by atoms with van der Waals surface area (Å²) in [4.78, 5) is 11.7. The molecule has 0 N–H and O–H groups in total. The first-order valence-electron chi connectivity index (χ1n) is 6.94. The van der Waals surface area contributed by atoms with Gasteiger partial charge in [-0.2, -0.15) is 0 Å². The van der Waals surface area contributed by atoms with E-state index in [9.17, 15) is 4.79 Å². The molecular formula is C16H21BrO2. The van der Waals surface area contributed by atoms with Crippen LogP contribution >= 0.6 is 15.9 Å². The van der Waals surface area contributed by atoms with Crippen molar-refractivity contribution in [2.75, 3.05) is 0 Å². The first kappa shape index (κ1) is 14.6. The van der Waals surface area contributed by atoms with E-state index in [1.807, 2.05) is 18.2 Å². The summed E-state index contributed by atoms with van der Waals surface area (Å²) >= 11 is 3.40. The maximum absolute atomic E-state index is 11.7. The van der Waals surface area contributed by atoms with Crippen molar-refractivity contribution in [3.8, 4) is 5.75 Å². The van der Waals surface area contributed by atoms with Crippen LogP contribution in [0.3, 0.4) is 0 Å². The quantitative estimate of drug-likeness (QED) is 0.742. The normalized spacial score (nSPS) is 27.1. The fourth-order valence-electron chi connectivity index (χ4n) is 2.66. The van der Waals surface area contributed by atoms with Gasteiger partial charge in [-0.1, -0.05) is 29.8 Å². The Balaban J connectivity index is 2.13. The molecule has 0 amide bonds. The Morgan fingerprint density at radius 2 is 2.00 bits per heavy atom. The van der Waals surface area contributed by atoms with Gasteiger partial charge >= 0.3 is 0 Å². The number of benzene rings is 1. The van der Waals surface area contributed by atoms with E-state index in [0.717, 1.165) is 29.0 Å². The third-order valence-corrected chi connectivity index (χ3v) is 4.66. The molecule has 1 saturated carbocycles. The Morgan fingerprint density at radius 1 is 1.26 bits per heavy atom. The molecule has 0 heterocycles. The van der Waals surface area contributed by atoms with E-state index >= 15 is 0 Å². The number of halogens is 1. The number of carbonyl (C=O) groups excluding carboxylic acids is 1. The lowest BCUT2D eigenvalue weighted by atomic mass is 9.80. The third-order valence-electron chi connectivity index (χ3n) is 4.16. The van der Waals surface area contributed by atoms with Gasteiger partial charge in [-0.3, -0.25) is 4.79 Å². The summed E-state index contributed by atoms with van der Waals surface area (Å²) in [5, 5.41) is 0. The highest BCUT2D eigenvalue weighted by molar-refractivity contribution is 9.10. The zero-order valence-electron chi connectivity index (χ0n) is 11.8. The lowest BCUT2D eigenvalue weighted by Gasteiger charge is -2.32. The Hall–Kier alpha value is -0.830. The minimum Gasteiger partial charge on any atom is -0.490 e. The van der Waals surface area contributed by atoms with Gasteiger partial charge in [0.1, 0.15) is 5.75 Å². The summed E-state index contributed by atoms with van der Waals surface area (Å²) in [5.74, 6) is 2.24. The first-order chi connectivity index (χ1) is 8.97. The number of ether oxygens (including phenoxy) is 1. The van der Waals surface area contributed by atoms with Gasteiger partial charge in [0.05, 0.1) is 11.7 Å². The van der Waals surface area contributed by atoms with Gasteiger partial charge in [0.2, 0.25) is 0 Å². The van der Waals surface area contributed by atoms with Gasteiger partial charge in [-0.25, -0.2) is 0 Å². The largest absolute Gasteiger partial charge is 0.490 e. The molecule has 0 saturated heterocycles. The topological polar surface area (TPSA) is 26.3 Å². The maximum Gasteiger partial charge on any atom is 0.163 e. The number of carbonyl (C=O) groups is 1. The molecule has 3 heteroatoms. The van der Waals surface area contributed by atoms with Crippen molar-refractivity contribution >= 4 is 21.7 Å². The van der Waals surface area contributed by atoms with Gasteiger partial charge in [0.15, 0.2) is 5.78 Å². The molecule has 2 rings (SSSR count). The van der Waals surface area contributed by atoms with Crippen LogP contribution in [0, 0.1) is 11.8 Å². The van der Waals surface area contributed by atoms with Gasteiger partial charge < -0.3 is 4.74 Å². The van der Waals surface area contributed by atoms with Crippen molar-refractivity contribution in [2.24, 2.45) is 11.8 Å². The summed E-state index contributed by atoms with van der Waals surface area (Å²) in [6.45, 7) is 6.18. The van der Waals surface area contributed by atoms with Crippen LogP contribution in [0.15, 0.2) is 22.7 Å². The lowest BCUT2D eigenvalue weighted by molar-refractivity contribution is 0.0939. The number of hydrogen-bond acceptors (Lipinski definition) is 2. The van der Waals surface area contributed by atoms with E-state index < -0.39 is 0 Å². The number of rotatable bonds is 3. The van der Waals surface area contributed by atoms with Crippen molar-refractivity contribution in [1.29, 1.82) is 0 Å². The summed E-state index contributed by atoms with van der Waals surface area (Å²) in [5.41, 5.74) is 0.667. The monoisotopic (exact) mass is 324 g/mol. The van der Waals surface area contributed by atoms with Crippen molar-refractivity contribution in [3.63, 3.8) is 0 Å². The first-order valence-corrected chi connectivity index (χ1v) is 7.73. The second-order valence-electron chi connectivity index (χ2n) is 5.70. The zero-order valence-corrected chi connectivity index (χ0v) is 13.4. The van der Waals surface area contributed by atoms with Crippen LogP contribution in [0.4, 0.5) is 0 Å². The Labute approximate surface area is 123 Å². The van der Waals surface area contributed by atoms with Gasteiger partial charge in [-0.05, 0) is 56.2 Å². The summed E-state index contributed by atoms with van der Waals surface area (Å²) < 4.78 is 6.99. The molecule has 3 unspecified atom stereocenters. The van der Waals surface area contributed by atoms with Crippen LogP contribution < -0.4 is 4.74 Å². The van der Waals surface area contributed by atoms with E-state index in [1.54, 1.807) is 6.92 Å². The summed E-state index contributed by atoms with van der Waals surface area (Å²) in [6.07, 6.45) is 3.61. The molecule has 0 aliphatic heterocycles. The van der Waals surface area contributed by atoms with E-state index in [4.69, 9.17) is 4.74 Å². The molecule has 1 aliphatic rings. The molecule has 1 aromatic carbocycles. The van der Waals surface area contributed by atoms with E-state index in [-0.39, 0.29) is 11.9 Å². The SMILES string of the molecule is CC(=O)c1cc(Br)ccc1OC1CCC(C)C(C)C1. The van der Waals surface area contributed by atoms with Crippen LogP contribution in [0.5, 0.6) is 5.75 Å². The number of Topliss-reactive ketones (excluding diaryl/α,β-unsaturated/α-hetero) is 1. The molecule has 0 bridgehead atoms. The fourth-order valence-corrected chi connectivity index (χ4v) is 3.03. The van der Waals surface area contributed by atoms with Gasteiger partial charge in [0, 0.05) is 4.47 Å². The molecule has 2 nitrogen and oxygen atoms in total. The van der Waals surface area contributed by atoms with Gasteiger partial charge in [-0.15, -0.1) is 0 Å². The maximum atomic E-state index is 11.7. The Bertz CT molecular complexity index is 470. The minimum absolute atomic E-state index is 0.0496. The molecule has 1 aromatic rings. The average Bonchev–Trinajstić information content (AvgIpc) is 2.36. The molecule has 104 valence electrons. The molecular weight excluding hydrogens is 304 g/mol. The highest BCUT2D eigenvalue weighted by Crippen LogP contribution is 2.33. The third kappa shape index (κ3) is 3.59. The smallest absolute Gasteiger partial charge is 0.163 e. The average molecular weight is 325 g/mol. The predicted octanol–water partition coefficient (Wildman–Crippen LogP) is 4.86. The van der Waals surface area contributed by atoms with Crippen molar-refractivity contribution in [1.82, 2.24) is 0 Å². The molecule has 0 aromatic heterocycles. The molecule has 3 atom stereocenters. The van der Waals surface area contributed by atoms with Crippen molar-refractivity contribution in [2.45, 2.75) is 46.1 Å². The summed E-state index contributed by atoms with van der Waals surface area (Å²) in [7, 11) is 0. The molecule has 19 heavy (non-hydrogen) atoms. The van der Waals surface area contributed by atoms with Gasteiger partial charge in [0.25, 0.3) is 0 Å². The predicted molar refractivity (Wildman–Crippen MR) is 80.7 cm³/mol. The van der Waals surface area contributed by atoms with E-state index in [0.29, 0.717) is 11.5 Å². The highest BCUT2D eigenvalue weighted by Gasteiger charge is 2.26. The van der Waals surface area contributed by atoms with E-state index in [2.05, 4.69) is 29.8 Å². The van der Waals surface area contributed by atoms with Crippen LogP contribution in [0.2, 0.25) is 0 Å². The zero-order chi connectivity index (χ0) is 14.0. The molecule has 1 aliphatic carbocycles. The second kappa shape index (κ2) is 6.08. The highest BCUT2D eigenvalue weighted by atomic mass is 79.9. The molecule has 0 spiro atoms. The van der Waals surface area contributed by atoms with Crippen LogP contribution in [-0.2, 0) is 0 Å². The Morgan fingerprint density at radius 3 is 2.63 bits per heavy atom. The minimum atomic E-state index is 0.0496. The van der Waals surface area contributed by atoms with Crippen LogP contribution in [0.1, 0.15) is 50.4 Å². The van der Waals surface area contributed by atoms with Crippen molar-refractivity contribution in [3.05, 3.63) is 28.2 Å². The number of hydrogen-bond donors (Lipinski definition) is 0. The van der Waals surface area contributed by atoms with E-state index in [1.165, 1.54) is 6.42 Å². The lowest BCUT2D eigenvalue weighted by Crippen LogP contribution is -2.29. The van der Waals surface area contributed by atoms with Crippen LogP contribution in [-0.4, -0.2) is 11.9 Å².